The fourth-order valence-electron chi connectivity index (χ4n) is 5.40. The average molecular weight is 515 g/mol. The number of benzene rings is 5. The van der Waals surface area contributed by atoms with Crippen molar-refractivity contribution in [1.82, 2.24) is 19.5 Å². The SMILES string of the molecule is c1ccc(-c2nc(-c3cccc(-c4nc5ccccc5o4)c3)nc3c4ccccc4n(-c4ccccc4)c23)cc1. The Balaban J connectivity index is 1.41. The van der Waals surface area contributed by atoms with Gasteiger partial charge in [0.05, 0.1) is 16.7 Å². The second-order valence-corrected chi connectivity index (χ2v) is 9.71. The van der Waals surface area contributed by atoms with Crippen molar-refractivity contribution in [2.24, 2.45) is 0 Å². The largest absolute Gasteiger partial charge is 0.436 e. The summed E-state index contributed by atoms with van der Waals surface area (Å²) in [6, 6.07) is 45.1. The number of oxazole rings is 1. The third-order valence-electron chi connectivity index (χ3n) is 7.23. The zero-order chi connectivity index (χ0) is 26.5. The van der Waals surface area contributed by atoms with Gasteiger partial charge >= 0.3 is 0 Å². The smallest absolute Gasteiger partial charge is 0.227 e. The quantitative estimate of drug-likeness (QED) is 0.236. The van der Waals surface area contributed by atoms with E-state index >= 15 is 0 Å². The molecular formula is C35H22N4O. The highest BCUT2D eigenvalue weighted by atomic mass is 16.3. The minimum absolute atomic E-state index is 0.577. The van der Waals surface area contributed by atoms with Crippen LogP contribution >= 0.6 is 0 Å². The second kappa shape index (κ2) is 9.03. The lowest BCUT2D eigenvalue weighted by molar-refractivity contribution is 0.620. The molecule has 5 heteroatoms. The van der Waals surface area contributed by atoms with E-state index in [4.69, 9.17) is 19.4 Å². The van der Waals surface area contributed by atoms with E-state index in [1.165, 1.54) is 0 Å². The Morgan fingerprint density at radius 2 is 1.25 bits per heavy atom. The van der Waals surface area contributed by atoms with Gasteiger partial charge in [-0.15, -0.1) is 0 Å². The molecule has 188 valence electrons. The number of fused-ring (bicyclic) bond motifs is 4. The summed E-state index contributed by atoms with van der Waals surface area (Å²) in [5.74, 6) is 1.23. The molecule has 5 nitrogen and oxygen atoms in total. The van der Waals surface area contributed by atoms with Crippen LogP contribution in [0.5, 0.6) is 0 Å². The molecule has 8 aromatic rings. The molecule has 40 heavy (non-hydrogen) atoms. The highest BCUT2D eigenvalue weighted by molar-refractivity contribution is 6.11. The van der Waals surface area contributed by atoms with E-state index in [1.54, 1.807) is 0 Å². The van der Waals surface area contributed by atoms with Crippen molar-refractivity contribution < 1.29 is 4.42 Å². The van der Waals surface area contributed by atoms with Crippen LogP contribution in [0, 0.1) is 0 Å². The Labute approximate surface area is 230 Å². The van der Waals surface area contributed by atoms with Gasteiger partial charge < -0.3 is 8.98 Å². The van der Waals surface area contributed by atoms with E-state index in [0.29, 0.717) is 11.7 Å². The van der Waals surface area contributed by atoms with Gasteiger partial charge in [-0.25, -0.2) is 15.0 Å². The number of hydrogen-bond donors (Lipinski definition) is 0. The van der Waals surface area contributed by atoms with Crippen LogP contribution < -0.4 is 0 Å². The summed E-state index contributed by atoms with van der Waals surface area (Å²) in [5.41, 5.74) is 9.35. The molecular weight excluding hydrogens is 492 g/mol. The molecule has 3 aromatic heterocycles. The first kappa shape index (κ1) is 22.4. The van der Waals surface area contributed by atoms with Crippen LogP contribution in [0.3, 0.4) is 0 Å². The second-order valence-electron chi connectivity index (χ2n) is 9.71. The fraction of sp³-hybridized carbons (Fsp3) is 0. The molecule has 8 rings (SSSR count). The molecule has 0 atom stereocenters. The third kappa shape index (κ3) is 3.60. The van der Waals surface area contributed by atoms with Gasteiger partial charge in [0.25, 0.3) is 0 Å². The van der Waals surface area contributed by atoms with Crippen LogP contribution in [0.15, 0.2) is 138 Å². The first-order valence-electron chi connectivity index (χ1n) is 13.2. The van der Waals surface area contributed by atoms with Crippen molar-refractivity contribution in [3.63, 3.8) is 0 Å². The molecule has 0 aliphatic carbocycles. The number of nitrogens with zero attached hydrogens (tertiary/aromatic N) is 4. The van der Waals surface area contributed by atoms with Gasteiger partial charge in [0, 0.05) is 27.8 Å². The van der Waals surface area contributed by atoms with Crippen LogP contribution in [0.25, 0.3) is 72.8 Å². The summed E-state index contributed by atoms with van der Waals surface area (Å²) in [5, 5.41) is 1.08. The maximum atomic E-state index is 6.06. The molecule has 0 aliphatic rings. The molecule has 0 aliphatic heterocycles. The Morgan fingerprint density at radius 3 is 2.10 bits per heavy atom. The van der Waals surface area contributed by atoms with Crippen molar-refractivity contribution in [3.05, 3.63) is 133 Å². The molecule has 0 radical (unpaired) electrons. The zero-order valence-corrected chi connectivity index (χ0v) is 21.4. The van der Waals surface area contributed by atoms with E-state index in [0.717, 1.165) is 61.1 Å². The van der Waals surface area contributed by atoms with Crippen molar-refractivity contribution in [1.29, 1.82) is 0 Å². The summed E-state index contributed by atoms with van der Waals surface area (Å²) >= 11 is 0. The Morgan fingerprint density at radius 1 is 0.550 bits per heavy atom. The molecule has 0 N–H and O–H groups in total. The van der Waals surface area contributed by atoms with Crippen molar-refractivity contribution in [2.45, 2.75) is 0 Å². The summed E-state index contributed by atoms with van der Waals surface area (Å²) in [6.07, 6.45) is 0. The lowest BCUT2D eigenvalue weighted by Crippen LogP contribution is -1.99. The number of hydrogen-bond acceptors (Lipinski definition) is 4. The maximum absolute atomic E-state index is 6.06. The van der Waals surface area contributed by atoms with Crippen molar-refractivity contribution >= 4 is 33.0 Å². The van der Waals surface area contributed by atoms with E-state index in [1.807, 2.05) is 66.7 Å². The van der Waals surface area contributed by atoms with Crippen LogP contribution in [-0.4, -0.2) is 19.5 Å². The molecule has 0 amide bonds. The van der Waals surface area contributed by atoms with Crippen LogP contribution in [0.4, 0.5) is 0 Å². The standard InChI is InChI=1S/C35H22N4O/c1-3-12-23(13-4-1)31-33-32(27-18-7-9-20-29(27)39(33)26-16-5-2-6-17-26)38-34(37-31)24-14-11-15-25(22-24)35-36-28-19-8-10-21-30(28)40-35/h1-22H. The summed E-state index contributed by atoms with van der Waals surface area (Å²) in [4.78, 5) is 15.1. The molecule has 3 heterocycles. The molecule has 0 unspecified atom stereocenters. The van der Waals surface area contributed by atoms with Gasteiger partial charge in [-0.2, -0.15) is 0 Å². The predicted octanol–water partition coefficient (Wildman–Crippen LogP) is 8.72. The van der Waals surface area contributed by atoms with E-state index < -0.39 is 0 Å². The highest BCUT2D eigenvalue weighted by Crippen LogP contribution is 2.38. The minimum atomic E-state index is 0.577. The van der Waals surface area contributed by atoms with Gasteiger partial charge in [-0.3, -0.25) is 0 Å². The first-order chi connectivity index (χ1) is 19.8. The van der Waals surface area contributed by atoms with Gasteiger partial charge in [-0.1, -0.05) is 91.0 Å². The van der Waals surface area contributed by atoms with Crippen LogP contribution in [-0.2, 0) is 0 Å². The van der Waals surface area contributed by atoms with E-state index in [-0.39, 0.29) is 0 Å². The molecule has 0 bridgehead atoms. The number of para-hydroxylation sites is 4. The normalized spacial score (nSPS) is 11.5. The lowest BCUT2D eigenvalue weighted by atomic mass is 10.1. The van der Waals surface area contributed by atoms with Gasteiger partial charge in [0.15, 0.2) is 11.4 Å². The number of rotatable bonds is 4. The first-order valence-corrected chi connectivity index (χ1v) is 13.2. The molecule has 5 aromatic carbocycles. The summed E-state index contributed by atoms with van der Waals surface area (Å²) < 4.78 is 8.33. The fourth-order valence-corrected chi connectivity index (χ4v) is 5.40. The zero-order valence-electron chi connectivity index (χ0n) is 21.4. The van der Waals surface area contributed by atoms with Gasteiger partial charge in [-0.05, 0) is 42.5 Å². The third-order valence-corrected chi connectivity index (χ3v) is 7.23. The van der Waals surface area contributed by atoms with Crippen LogP contribution in [0.1, 0.15) is 0 Å². The lowest BCUT2D eigenvalue weighted by Gasteiger charge is -2.12. The summed E-state index contributed by atoms with van der Waals surface area (Å²) in [7, 11) is 0. The van der Waals surface area contributed by atoms with Crippen molar-refractivity contribution in [3.8, 4) is 39.8 Å². The van der Waals surface area contributed by atoms with Gasteiger partial charge in [0.1, 0.15) is 11.0 Å². The Bertz CT molecular complexity index is 2130. The van der Waals surface area contributed by atoms with E-state index in [9.17, 15) is 0 Å². The number of aromatic nitrogens is 4. The van der Waals surface area contributed by atoms with Gasteiger partial charge in [0.2, 0.25) is 5.89 Å². The molecule has 0 saturated carbocycles. The maximum Gasteiger partial charge on any atom is 0.227 e. The van der Waals surface area contributed by atoms with Crippen LogP contribution in [0.2, 0.25) is 0 Å². The minimum Gasteiger partial charge on any atom is -0.436 e. The van der Waals surface area contributed by atoms with E-state index in [2.05, 4.69) is 71.3 Å². The molecule has 0 saturated heterocycles. The predicted molar refractivity (Wildman–Crippen MR) is 160 cm³/mol. The monoisotopic (exact) mass is 514 g/mol. The topological polar surface area (TPSA) is 56.7 Å². The Kier molecular flexibility index (Phi) is 5.07. The summed E-state index contributed by atoms with van der Waals surface area (Å²) in [6.45, 7) is 0. The molecule has 0 spiro atoms. The highest BCUT2D eigenvalue weighted by Gasteiger charge is 2.21. The Hall–Kier alpha value is -5.55. The van der Waals surface area contributed by atoms with Crippen molar-refractivity contribution in [2.75, 3.05) is 0 Å². The average Bonchev–Trinajstić information content (AvgIpc) is 3.61. The molecule has 0 fully saturated rings.